The SMILES string of the molecule is NCC1(CC2CCC3(CCCCC3)O2)CCS(=O)(=O)C1. The molecule has 3 aliphatic rings. The van der Waals surface area contributed by atoms with Crippen LogP contribution in [-0.2, 0) is 14.6 Å². The van der Waals surface area contributed by atoms with Crippen LogP contribution in [0.15, 0.2) is 0 Å². The van der Waals surface area contributed by atoms with E-state index in [4.69, 9.17) is 10.5 Å². The van der Waals surface area contributed by atoms with Gasteiger partial charge in [-0.05, 0) is 50.5 Å². The normalized spacial score (nSPS) is 39.4. The summed E-state index contributed by atoms with van der Waals surface area (Å²) in [6.07, 6.45) is 10.3. The first-order valence-electron chi connectivity index (χ1n) is 8.05. The average molecular weight is 301 g/mol. The quantitative estimate of drug-likeness (QED) is 0.866. The molecule has 2 heterocycles. The Morgan fingerprint density at radius 2 is 1.85 bits per heavy atom. The number of sulfone groups is 1. The highest BCUT2D eigenvalue weighted by Gasteiger charge is 2.47. The summed E-state index contributed by atoms with van der Waals surface area (Å²) in [6.45, 7) is 0.471. The smallest absolute Gasteiger partial charge is 0.150 e. The van der Waals surface area contributed by atoms with E-state index in [9.17, 15) is 8.42 Å². The van der Waals surface area contributed by atoms with E-state index in [-0.39, 0.29) is 22.9 Å². The standard InChI is InChI=1S/C15H27NO3S/c16-11-14(8-9-20(17,18)12-14)10-13-4-7-15(19-13)5-2-1-3-6-15/h13H,1-12,16H2. The van der Waals surface area contributed by atoms with Crippen molar-refractivity contribution < 1.29 is 13.2 Å². The fourth-order valence-electron chi connectivity index (χ4n) is 4.47. The van der Waals surface area contributed by atoms with Gasteiger partial charge in [-0.2, -0.15) is 0 Å². The Hall–Kier alpha value is -0.130. The molecule has 2 aliphatic heterocycles. The highest BCUT2D eigenvalue weighted by atomic mass is 32.2. The van der Waals surface area contributed by atoms with E-state index in [0.717, 1.165) is 25.7 Å². The highest BCUT2D eigenvalue weighted by Crippen LogP contribution is 2.46. The van der Waals surface area contributed by atoms with Crippen molar-refractivity contribution in [3.8, 4) is 0 Å². The zero-order valence-corrected chi connectivity index (χ0v) is 13.1. The van der Waals surface area contributed by atoms with Gasteiger partial charge in [-0.1, -0.05) is 19.3 Å². The van der Waals surface area contributed by atoms with Crippen LogP contribution in [0, 0.1) is 5.41 Å². The molecule has 3 rings (SSSR count). The molecule has 116 valence electrons. The van der Waals surface area contributed by atoms with Gasteiger partial charge >= 0.3 is 0 Å². The Bertz CT molecular complexity index is 456. The summed E-state index contributed by atoms with van der Waals surface area (Å²) in [5.74, 6) is 0.575. The molecule has 2 unspecified atom stereocenters. The fourth-order valence-corrected chi connectivity index (χ4v) is 6.68. The lowest BCUT2D eigenvalue weighted by molar-refractivity contribution is -0.0747. The maximum absolute atomic E-state index is 11.8. The molecule has 1 spiro atoms. The van der Waals surface area contributed by atoms with E-state index in [2.05, 4.69) is 0 Å². The number of rotatable bonds is 3. The minimum Gasteiger partial charge on any atom is -0.372 e. The summed E-state index contributed by atoms with van der Waals surface area (Å²) in [5.41, 5.74) is 5.82. The number of hydrogen-bond donors (Lipinski definition) is 1. The van der Waals surface area contributed by atoms with E-state index < -0.39 is 9.84 Å². The van der Waals surface area contributed by atoms with Crippen LogP contribution in [0.5, 0.6) is 0 Å². The van der Waals surface area contributed by atoms with Crippen LogP contribution in [0.4, 0.5) is 0 Å². The summed E-state index contributed by atoms with van der Waals surface area (Å²) in [7, 11) is -2.88. The Morgan fingerprint density at radius 3 is 2.45 bits per heavy atom. The van der Waals surface area contributed by atoms with Crippen molar-refractivity contribution in [3.05, 3.63) is 0 Å². The Labute approximate surface area is 122 Å². The molecule has 0 bridgehead atoms. The largest absolute Gasteiger partial charge is 0.372 e. The van der Waals surface area contributed by atoms with Crippen LogP contribution < -0.4 is 5.73 Å². The van der Waals surface area contributed by atoms with Crippen molar-refractivity contribution in [1.29, 1.82) is 0 Å². The zero-order chi connectivity index (χ0) is 14.3. The van der Waals surface area contributed by atoms with Crippen LogP contribution in [0.3, 0.4) is 0 Å². The number of ether oxygens (including phenoxy) is 1. The molecule has 2 saturated heterocycles. The summed E-state index contributed by atoms with van der Waals surface area (Å²) in [5, 5.41) is 0. The van der Waals surface area contributed by atoms with E-state index in [1.165, 1.54) is 32.1 Å². The van der Waals surface area contributed by atoms with Crippen LogP contribution in [-0.4, -0.2) is 38.2 Å². The molecule has 5 heteroatoms. The fraction of sp³-hybridized carbons (Fsp3) is 1.00. The summed E-state index contributed by atoms with van der Waals surface area (Å²) in [4.78, 5) is 0. The first-order chi connectivity index (χ1) is 9.47. The minimum absolute atomic E-state index is 0.121. The molecule has 0 aromatic rings. The molecular formula is C15H27NO3S. The lowest BCUT2D eigenvalue weighted by atomic mass is 9.80. The molecule has 3 fully saturated rings. The lowest BCUT2D eigenvalue weighted by Crippen LogP contribution is -2.37. The Morgan fingerprint density at radius 1 is 1.10 bits per heavy atom. The lowest BCUT2D eigenvalue weighted by Gasteiger charge is -2.35. The topological polar surface area (TPSA) is 69.4 Å². The van der Waals surface area contributed by atoms with Gasteiger partial charge in [-0.3, -0.25) is 0 Å². The predicted molar refractivity (Wildman–Crippen MR) is 79.3 cm³/mol. The van der Waals surface area contributed by atoms with Crippen LogP contribution in [0.2, 0.25) is 0 Å². The Kier molecular flexibility index (Phi) is 3.89. The minimum atomic E-state index is -2.88. The molecule has 0 radical (unpaired) electrons. The second kappa shape index (κ2) is 5.25. The van der Waals surface area contributed by atoms with Gasteiger partial charge in [0, 0.05) is 0 Å². The first kappa shape index (κ1) is 14.8. The third-order valence-corrected chi connectivity index (χ3v) is 7.54. The first-order valence-corrected chi connectivity index (χ1v) is 9.87. The van der Waals surface area contributed by atoms with Crippen molar-refractivity contribution in [2.45, 2.75) is 69.5 Å². The average Bonchev–Trinajstić information content (AvgIpc) is 2.93. The molecule has 20 heavy (non-hydrogen) atoms. The highest BCUT2D eigenvalue weighted by molar-refractivity contribution is 7.91. The van der Waals surface area contributed by atoms with Gasteiger partial charge in [-0.25, -0.2) is 8.42 Å². The van der Waals surface area contributed by atoms with Gasteiger partial charge in [0.15, 0.2) is 9.84 Å². The molecule has 0 aromatic carbocycles. The number of hydrogen-bond acceptors (Lipinski definition) is 4. The van der Waals surface area contributed by atoms with Crippen molar-refractivity contribution in [3.63, 3.8) is 0 Å². The summed E-state index contributed by atoms with van der Waals surface area (Å²) in [6, 6.07) is 0. The van der Waals surface area contributed by atoms with Crippen LogP contribution >= 0.6 is 0 Å². The van der Waals surface area contributed by atoms with Gasteiger partial charge in [0.05, 0.1) is 23.2 Å². The van der Waals surface area contributed by atoms with Gasteiger partial charge in [0.2, 0.25) is 0 Å². The van der Waals surface area contributed by atoms with Gasteiger partial charge in [0.1, 0.15) is 0 Å². The van der Waals surface area contributed by atoms with Crippen LogP contribution in [0.25, 0.3) is 0 Å². The van der Waals surface area contributed by atoms with Crippen LogP contribution in [0.1, 0.15) is 57.8 Å². The van der Waals surface area contributed by atoms with Crippen molar-refractivity contribution in [2.75, 3.05) is 18.1 Å². The van der Waals surface area contributed by atoms with E-state index in [1.54, 1.807) is 0 Å². The van der Waals surface area contributed by atoms with E-state index in [1.807, 2.05) is 0 Å². The third-order valence-electron chi connectivity index (χ3n) is 5.67. The van der Waals surface area contributed by atoms with Crippen molar-refractivity contribution in [2.24, 2.45) is 11.1 Å². The maximum atomic E-state index is 11.8. The van der Waals surface area contributed by atoms with E-state index >= 15 is 0 Å². The molecule has 0 amide bonds. The molecule has 1 aliphatic carbocycles. The van der Waals surface area contributed by atoms with Gasteiger partial charge < -0.3 is 10.5 Å². The molecule has 1 saturated carbocycles. The summed E-state index contributed by atoms with van der Waals surface area (Å²) >= 11 is 0. The molecule has 4 nitrogen and oxygen atoms in total. The third kappa shape index (κ3) is 2.90. The van der Waals surface area contributed by atoms with Gasteiger partial charge in [-0.15, -0.1) is 0 Å². The molecule has 2 atom stereocenters. The second-order valence-electron chi connectivity index (χ2n) is 7.27. The van der Waals surface area contributed by atoms with E-state index in [0.29, 0.717) is 12.3 Å². The van der Waals surface area contributed by atoms with Gasteiger partial charge in [0.25, 0.3) is 0 Å². The second-order valence-corrected chi connectivity index (χ2v) is 9.46. The maximum Gasteiger partial charge on any atom is 0.150 e. The molecule has 2 N–H and O–H groups in total. The molecule has 0 aromatic heterocycles. The number of nitrogens with two attached hydrogens (primary N) is 1. The monoisotopic (exact) mass is 301 g/mol. The molecular weight excluding hydrogens is 274 g/mol. The van der Waals surface area contributed by atoms with Crippen molar-refractivity contribution in [1.82, 2.24) is 0 Å². The summed E-state index contributed by atoms with van der Waals surface area (Å²) < 4.78 is 30.0. The predicted octanol–water partition coefficient (Wildman–Crippen LogP) is 2.02. The zero-order valence-electron chi connectivity index (χ0n) is 12.3. The van der Waals surface area contributed by atoms with Crippen molar-refractivity contribution >= 4 is 9.84 Å². The Balaban J connectivity index is 1.63.